The number of alkyl halides is 2. The number of aromatic nitrogens is 2. The van der Waals surface area contributed by atoms with Crippen LogP contribution in [0.4, 0.5) is 8.78 Å². The van der Waals surface area contributed by atoms with E-state index < -0.39 is 17.9 Å². The fraction of sp³-hybridized carbons (Fsp3) is 0.444. The van der Waals surface area contributed by atoms with E-state index in [9.17, 15) is 13.6 Å². The van der Waals surface area contributed by atoms with Crippen LogP contribution in [0.25, 0.3) is 0 Å². The average molecular weight is 215 g/mol. The van der Waals surface area contributed by atoms with Gasteiger partial charge in [0.25, 0.3) is 11.8 Å². The highest BCUT2D eigenvalue weighted by Crippen LogP contribution is 2.16. The third-order valence-corrected chi connectivity index (χ3v) is 1.92. The molecule has 15 heavy (non-hydrogen) atoms. The van der Waals surface area contributed by atoms with Gasteiger partial charge < -0.3 is 5.32 Å². The molecule has 0 radical (unpaired) electrons. The summed E-state index contributed by atoms with van der Waals surface area (Å²) in [7, 11) is 0. The molecule has 0 aromatic carbocycles. The molecule has 1 heterocycles. The van der Waals surface area contributed by atoms with Gasteiger partial charge in [-0.25, -0.2) is 18.7 Å². The molecule has 0 spiro atoms. The summed E-state index contributed by atoms with van der Waals surface area (Å²) in [4.78, 5) is 18.6. The maximum Gasteiger partial charge on any atom is 0.270 e. The molecule has 0 aliphatic rings. The predicted octanol–water partition coefficient (Wildman–Crippen LogP) is 1.25. The van der Waals surface area contributed by atoms with Crippen LogP contribution >= 0.6 is 0 Å². The zero-order valence-electron chi connectivity index (χ0n) is 8.37. The summed E-state index contributed by atoms with van der Waals surface area (Å²) in [5.41, 5.74) is 0.0705. The molecule has 0 saturated carbocycles. The Balaban J connectivity index is 2.65. The van der Waals surface area contributed by atoms with Crippen LogP contribution in [0.3, 0.4) is 0 Å². The first kappa shape index (κ1) is 11.5. The quantitative estimate of drug-likeness (QED) is 0.825. The smallest absolute Gasteiger partial charge is 0.270 e. The van der Waals surface area contributed by atoms with Crippen molar-refractivity contribution in [3.8, 4) is 0 Å². The summed E-state index contributed by atoms with van der Waals surface area (Å²) < 4.78 is 25.5. The lowest BCUT2D eigenvalue weighted by Gasteiger charge is -2.20. The lowest BCUT2D eigenvalue weighted by molar-refractivity contribution is -0.0108. The standard InChI is InChI=1S/C9H11F2N3O/c1-6(9(2,10)11)14-8(15)7-3-4-12-5-13-7/h3-6H,1-2H3,(H,14,15)/t6-/m0/s1. The van der Waals surface area contributed by atoms with E-state index in [1.165, 1.54) is 25.5 Å². The van der Waals surface area contributed by atoms with E-state index in [0.29, 0.717) is 0 Å². The second kappa shape index (κ2) is 4.29. The SMILES string of the molecule is C[C@H](NC(=O)c1ccncn1)C(C)(F)F. The molecule has 1 amide bonds. The molecule has 1 aromatic rings. The van der Waals surface area contributed by atoms with Gasteiger partial charge in [0.1, 0.15) is 12.0 Å². The molecule has 1 rings (SSSR count). The summed E-state index contributed by atoms with van der Waals surface area (Å²) in [5, 5.41) is 2.16. The number of carbonyl (C=O) groups excluding carboxylic acids is 1. The van der Waals surface area contributed by atoms with Gasteiger partial charge in [0.2, 0.25) is 0 Å². The van der Waals surface area contributed by atoms with Gasteiger partial charge in [-0.2, -0.15) is 0 Å². The molecule has 82 valence electrons. The zero-order chi connectivity index (χ0) is 11.5. The van der Waals surface area contributed by atoms with E-state index in [-0.39, 0.29) is 5.69 Å². The fourth-order valence-corrected chi connectivity index (χ4v) is 0.822. The number of carbonyl (C=O) groups is 1. The van der Waals surface area contributed by atoms with Crippen LogP contribution in [0.5, 0.6) is 0 Å². The van der Waals surface area contributed by atoms with Crippen LogP contribution in [0.1, 0.15) is 24.3 Å². The van der Waals surface area contributed by atoms with E-state index in [2.05, 4.69) is 15.3 Å². The lowest BCUT2D eigenvalue weighted by Crippen LogP contribution is -2.44. The Morgan fingerprint density at radius 3 is 2.73 bits per heavy atom. The number of rotatable bonds is 3. The molecular formula is C9H11F2N3O. The Morgan fingerprint density at radius 2 is 2.27 bits per heavy atom. The van der Waals surface area contributed by atoms with Gasteiger partial charge in [0, 0.05) is 13.1 Å². The maximum absolute atomic E-state index is 12.7. The fourth-order valence-electron chi connectivity index (χ4n) is 0.822. The van der Waals surface area contributed by atoms with Crippen molar-refractivity contribution in [3.63, 3.8) is 0 Å². The van der Waals surface area contributed by atoms with Crippen molar-refractivity contribution in [3.05, 3.63) is 24.3 Å². The molecule has 1 atom stereocenters. The van der Waals surface area contributed by atoms with E-state index in [0.717, 1.165) is 6.92 Å². The average Bonchev–Trinajstić information content (AvgIpc) is 2.17. The summed E-state index contributed by atoms with van der Waals surface area (Å²) in [5.74, 6) is -3.59. The molecule has 1 aromatic heterocycles. The normalized spacial score (nSPS) is 13.3. The van der Waals surface area contributed by atoms with Crippen LogP contribution in [0.2, 0.25) is 0 Å². The number of amides is 1. The highest BCUT2D eigenvalue weighted by molar-refractivity contribution is 5.92. The van der Waals surface area contributed by atoms with Gasteiger partial charge in [-0.3, -0.25) is 4.79 Å². The molecule has 0 aliphatic carbocycles. The molecule has 4 nitrogen and oxygen atoms in total. The molecular weight excluding hydrogens is 204 g/mol. The van der Waals surface area contributed by atoms with Gasteiger partial charge in [-0.05, 0) is 13.0 Å². The Labute approximate surface area is 85.7 Å². The number of hydrogen-bond donors (Lipinski definition) is 1. The summed E-state index contributed by atoms with van der Waals surface area (Å²) in [6.07, 6.45) is 2.56. The number of nitrogens with zero attached hydrogens (tertiary/aromatic N) is 2. The maximum atomic E-state index is 12.7. The summed E-state index contributed by atoms with van der Waals surface area (Å²) in [6.45, 7) is 1.98. The third kappa shape index (κ3) is 3.23. The lowest BCUT2D eigenvalue weighted by atomic mass is 10.2. The van der Waals surface area contributed by atoms with Gasteiger partial charge in [-0.1, -0.05) is 0 Å². The van der Waals surface area contributed by atoms with Crippen molar-refractivity contribution in [2.24, 2.45) is 0 Å². The minimum Gasteiger partial charge on any atom is -0.342 e. The first-order valence-corrected chi connectivity index (χ1v) is 4.36. The van der Waals surface area contributed by atoms with Crippen molar-refractivity contribution < 1.29 is 13.6 Å². The van der Waals surface area contributed by atoms with Crippen molar-refractivity contribution in [2.45, 2.75) is 25.8 Å². The topological polar surface area (TPSA) is 54.9 Å². The second-order valence-electron chi connectivity index (χ2n) is 3.25. The van der Waals surface area contributed by atoms with Crippen LogP contribution in [0.15, 0.2) is 18.6 Å². The van der Waals surface area contributed by atoms with E-state index >= 15 is 0 Å². The Morgan fingerprint density at radius 1 is 1.60 bits per heavy atom. The first-order chi connectivity index (χ1) is 6.91. The van der Waals surface area contributed by atoms with E-state index in [4.69, 9.17) is 0 Å². The number of hydrogen-bond acceptors (Lipinski definition) is 3. The summed E-state index contributed by atoms with van der Waals surface area (Å²) in [6, 6.07) is 0.121. The molecule has 0 fully saturated rings. The molecule has 1 N–H and O–H groups in total. The molecule has 0 bridgehead atoms. The van der Waals surface area contributed by atoms with Crippen molar-refractivity contribution >= 4 is 5.91 Å². The summed E-state index contributed by atoms with van der Waals surface area (Å²) >= 11 is 0. The van der Waals surface area contributed by atoms with Crippen molar-refractivity contribution in [2.75, 3.05) is 0 Å². The molecule has 0 unspecified atom stereocenters. The predicted molar refractivity (Wildman–Crippen MR) is 49.6 cm³/mol. The zero-order valence-corrected chi connectivity index (χ0v) is 8.37. The monoisotopic (exact) mass is 215 g/mol. The molecule has 0 aliphatic heterocycles. The van der Waals surface area contributed by atoms with Crippen molar-refractivity contribution in [1.82, 2.24) is 15.3 Å². The van der Waals surface area contributed by atoms with E-state index in [1.807, 2.05) is 0 Å². The van der Waals surface area contributed by atoms with E-state index in [1.54, 1.807) is 0 Å². The van der Waals surface area contributed by atoms with Crippen LogP contribution in [-0.4, -0.2) is 27.8 Å². The first-order valence-electron chi connectivity index (χ1n) is 4.36. The van der Waals surface area contributed by atoms with Gasteiger partial charge in [0.15, 0.2) is 0 Å². The van der Waals surface area contributed by atoms with Gasteiger partial charge >= 0.3 is 0 Å². The molecule has 6 heteroatoms. The minimum absolute atomic E-state index is 0.0705. The molecule has 0 saturated heterocycles. The Bertz CT molecular complexity index is 337. The van der Waals surface area contributed by atoms with Gasteiger partial charge in [-0.15, -0.1) is 0 Å². The Kier molecular flexibility index (Phi) is 3.28. The largest absolute Gasteiger partial charge is 0.342 e. The van der Waals surface area contributed by atoms with Gasteiger partial charge in [0.05, 0.1) is 6.04 Å². The number of nitrogens with one attached hydrogen (secondary N) is 1. The number of halogens is 2. The van der Waals surface area contributed by atoms with Crippen LogP contribution in [-0.2, 0) is 0 Å². The highest BCUT2D eigenvalue weighted by Gasteiger charge is 2.31. The highest BCUT2D eigenvalue weighted by atomic mass is 19.3. The van der Waals surface area contributed by atoms with Crippen LogP contribution in [0, 0.1) is 0 Å². The Hall–Kier alpha value is -1.59. The van der Waals surface area contributed by atoms with Crippen molar-refractivity contribution in [1.29, 1.82) is 0 Å². The third-order valence-electron chi connectivity index (χ3n) is 1.92. The minimum atomic E-state index is -2.96. The second-order valence-corrected chi connectivity index (χ2v) is 3.25. The van der Waals surface area contributed by atoms with Crippen LogP contribution < -0.4 is 5.32 Å².